The number of halogens is 3. The highest BCUT2D eigenvalue weighted by atomic mass is 19.4. The number of alkyl halides is 3. The van der Waals surface area contributed by atoms with E-state index in [0.717, 1.165) is 6.07 Å². The minimum absolute atomic E-state index is 0.108. The SMILES string of the molecule is CCNC(COC)Cc1ccccc1C(F)(F)F. The molecule has 1 rings (SSSR count). The molecule has 1 aromatic carbocycles. The zero-order chi connectivity index (χ0) is 13.6. The van der Waals surface area contributed by atoms with Gasteiger partial charge in [-0.05, 0) is 24.6 Å². The molecule has 1 unspecified atom stereocenters. The fourth-order valence-corrected chi connectivity index (χ4v) is 1.92. The van der Waals surface area contributed by atoms with E-state index in [1.54, 1.807) is 13.2 Å². The Morgan fingerprint density at radius 1 is 1.28 bits per heavy atom. The predicted molar refractivity (Wildman–Crippen MR) is 64.5 cm³/mol. The Kier molecular flexibility index (Phi) is 5.62. The van der Waals surface area contributed by atoms with Gasteiger partial charge in [0.25, 0.3) is 0 Å². The number of methoxy groups -OCH3 is 1. The van der Waals surface area contributed by atoms with Gasteiger partial charge in [0, 0.05) is 13.2 Å². The van der Waals surface area contributed by atoms with Crippen LogP contribution in [0.15, 0.2) is 24.3 Å². The molecule has 0 aliphatic rings. The molecule has 0 aromatic heterocycles. The lowest BCUT2D eigenvalue weighted by molar-refractivity contribution is -0.138. The van der Waals surface area contributed by atoms with Crippen molar-refractivity contribution in [3.8, 4) is 0 Å². The van der Waals surface area contributed by atoms with Gasteiger partial charge in [0.05, 0.1) is 12.2 Å². The van der Waals surface area contributed by atoms with Gasteiger partial charge in [0.15, 0.2) is 0 Å². The first kappa shape index (κ1) is 15.0. The maximum Gasteiger partial charge on any atom is 0.416 e. The van der Waals surface area contributed by atoms with Gasteiger partial charge in [-0.15, -0.1) is 0 Å². The van der Waals surface area contributed by atoms with Crippen LogP contribution in [-0.2, 0) is 17.3 Å². The van der Waals surface area contributed by atoms with E-state index in [1.165, 1.54) is 12.1 Å². The molecule has 102 valence electrons. The fraction of sp³-hybridized carbons (Fsp3) is 0.538. The topological polar surface area (TPSA) is 21.3 Å². The number of likely N-dealkylation sites (N-methyl/N-ethyl adjacent to an activating group) is 1. The van der Waals surface area contributed by atoms with Gasteiger partial charge in [0.2, 0.25) is 0 Å². The average molecular weight is 261 g/mol. The van der Waals surface area contributed by atoms with E-state index < -0.39 is 11.7 Å². The van der Waals surface area contributed by atoms with Gasteiger partial charge >= 0.3 is 6.18 Å². The van der Waals surface area contributed by atoms with Crippen LogP contribution in [-0.4, -0.2) is 26.3 Å². The Balaban J connectivity index is 2.88. The largest absolute Gasteiger partial charge is 0.416 e. The summed E-state index contributed by atoms with van der Waals surface area (Å²) in [6.07, 6.45) is -4.00. The standard InChI is InChI=1S/C13H18F3NO/c1-3-17-11(9-18-2)8-10-6-4-5-7-12(10)13(14,15)16/h4-7,11,17H,3,8-9H2,1-2H3. The molecule has 0 radical (unpaired) electrons. The van der Waals surface area contributed by atoms with Gasteiger partial charge in [0.1, 0.15) is 0 Å². The zero-order valence-electron chi connectivity index (χ0n) is 10.6. The molecule has 0 spiro atoms. The van der Waals surface area contributed by atoms with Crippen LogP contribution in [0.3, 0.4) is 0 Å². The molecule has 0 aliphatic carbocycles. The molecule has 0 fully saturated rings. The number of nitrogens with one attached hydrogen (secondary N) is 1. The van der Waals surface area contributed by atoms with Crippen molar-refractivity contribution >= 4 is 0 Å². The summed E-state index contributed by atoms with van der Waals surface area (Å²) in [6.45, 7) is 3.00. The summed E-state index contributed by atoms with van der Waals surface area (Å²) < 4.78 is 43.5. The lowest BCUT2D eigenvalue weighted by Gasteiger charge is -2.19. The summed E-state index contributed by atoms with van der Waals surface area (Å²) >= 11 is 0. The monoisotopic (exact) mass is 261 g/mol. The first-order valence-electron chi connectivity index (χ1n) is 5.86. The Bertz CT molecular complexity index is 359. The van der Waals surface area contributed by atoms with Crippen LogP contribution in [0.25, 0.3) is 0 Å². The van der Waals surface area contributed by atoms with Crippen LogP contribution < -0.4 is 5.32 Å². The second-order valence-electron chi connectivity index (χ2n) is 4.07. The van der Waals surface area contributed by atoms with Gasteiger partial charge in [-0.3, -0.25) is 0 Å². The smallest absolute Gasteiger partial charge is 0.383 e. The van der Waals surface area contributed by atoms with Gasteiger partial charge in [-0.25, -0.2) is 0 Å². The van der Waals surface area contributed by atoms with Gasteiger partial charge in [-0.2, -0.15) is 13.2 Å². The highest BCUT2D eigenvalue weighted by Gasteiger charge is 2.33. The third kappa shape index (κ3) is 4.31. The Labute approximate surface area is 105 Å². The maximum absolute atomic E-state index is 12.8. The van der Waals surface area contributed by atoms with E-state index in [9.17, 15) is 13.2 Å². The predicted octanol–water partition coefficient (Wildman–Crippen LogP) is 2.87. The third-order valence-electron chi connectivity index (χ3n) is 2.65. The molecule has 5 heteroatoms. The summed E-state index contributed by atoms with van der Waals surface area (Å²) in [5.74, 6) is 0. The van der Waals surface area contributed by atoms with Crippen molar-refractivity contribution in [2.24, 2.45) is 0 Å². The van der Waals surface area contributed by atoms with Crippen molar-refractivity contribution in [2.45, 2.75) is 25.6 Å². The van der Waals surface area contributed by atoms with E-state index in [2.05, 4.69) is 5.32 Å². The minimum Gasteiger partial charge on any atom is -0.383 e. The van der Waals surface area contributed by atoms with Crippen molar-refractivity contribution in [3.63, 3.8) is 0 Å². The second kappa shape index (κ2) is 6.75. The normalized spacial score (nSPS) is 13.6. The first-order valence-corrected chi connectivity index (χ1v) is 5.86. The van der Waals surface area contributed by atoms with Crippen LogP contribution >= 0.6 is 0 Å². The molecule has 1 aromatic rings. The fourth-order valence-electron chi connectivity index (χ4n) is 1.92. The number of ether oxygens (including phenoxy) is 1. The van der Waals surface area contributed by atoms with Crippen molar-refractivity contribution in [1.82, 2.24) is 5.32 Å². The molecule has 18 heavy (non-hydrogen) atoms. The van der Waals surface area contributed by atoms with Crippen molar-refractivity contribution in [2.75, 3.05) is 20.3 Å². The van der Waals surface area contributed by atoms with E-state index in [-0.39, 0.29) is 6.04 Å². The highest BCUT2D eigenvalue weighted by molar-refractivity contribution is 5.30. The Hall–Kier alpha value is -1.07. The van der Waals surface area contributed by atoms with Crippen LogP contribution in [0.1, 0.15) is 18.1 Å². The zero-order valence-corrected chi connectivity index (χ0v) is 10.6. The molecule has 0 heterocycles. The van der Waals surface area contributed by atoms with Crippen LogP contribution in [0.4, 0.5) is 13.2 Å². The lowest BCUT2D eigenvalue weighted by atomic mass is 10.00. The van der Waals surface area contributed by atoms with E-state index in [4.69, 9.17) is 4.74 Å². The molecule has 0 saturated heterocycles. The van der Waals surface area contributed by atoms with Gasteiger partial charge < -0.3 is 10.1 Å². The molecule has 0 bridgehead atoms. The summed E-state index contributed by atoms with van der Waals surface area (Å²) in [4.78, 5) is 0. The van der Waals surface area contributed by atoms with Crippen molar-refractivity contribution in [1.29, 1.82) is 0 Å². The van der Waals surface area contributed by atoms with Gasteiger partial charge in [-0.1, -0.05) is 25.1 Å². The lowest BCUT2D eigenvalue weighted by Crippen LogP contribution is -2.35. The molecular formula is C13H18F3NO. The number of hydrogen-bond acceptors (Lipinski definition) is 2. The molecule has 0 saturated carbocycles. The average Bonchev–Trinajstić information content (AvgIpc) is 2.29. The summed E-state index contributed by atoms with van der Waals surface area (Å²) in [7, 11) is 1.54. The van der Waals surface area contributed by atoms with Crippen LogP contribution in [0, 0.1) is 0 Å². The Morgan fingerprint density at radius 2 is 1.94 bits per heavy atom. The summed E-state index contributed by atoms with van der Waals surface area (Å²) in [5.41, 5.74) is -0.267. The quantitative estimate of drug-likeness (QED) is 0.850. The summed E-state index contributed by atoms with van der Waals surface area (Å²) in [5, 5.41) is 3.12. The van der Waals surface area contributed by atoms with E-state index >= 15 is 0 Å². The molecular weight excluding hydrogens is 243 g/mol. The number of benzene rings is 1. The first-order chi connectivity index (χ1) is 8.49. The minimum atomic E-state index is -4.31. The Morgan fingerprint density at radius 3 is 2.50 bits per heavy atom. The summed E-state index contributed by atoms with van der Waals surface area (Å²) in [6, 6.07) is 5.56. The molecule has 0 amide bonds. The number of hydrogen-bond donors (Lipinski definition) is 1. The highest BCUT2D eigenvalue weighted by Crippen LogP contribution is 2.32. The van der Waals surface area contributed by atoms with Crippen LogP contribution in [0.5, 0.6) is 0 Å². The van der Waals surface area contributed by atoms with Crippen molar-refractivity contribution in [3.05, 3.63) is 35.4 Å². The maximum atomic E-state index is 12.8. The van der Waals surface area contributed by atoms with E-state index in [1.807, 2.05) is 6.92 Å². The molecule has 0 aliphatic heterocycles. The number of rotatable bonds is 6. The van der Waals surface area contributed by atoms with Crippen molar-refractivity contribution < 1.29 is 17.9 Å². The second-order valence-corrected chi connectivity index (χ2v) is 4.07. The van der Waals surface area contributed by atoms with E-state index in [0.29, 0.717) is 25.1 Å². The third-order valence-corrected chi connectivity index (χ3v) is 2.65. The molecule has 2 nitrogen and oxygen atoms in total. The molecule has 1 N–H and O–H groups in total. The van der Waals surface area contributed by atoms with Crippen LogP contribution in [0.2, 0.25) is 0 Å². The molecule has 1 atom stereocenters.